The van der Waals surface area contributed by atoms with Gasteiger partial charge in [0.05, 0.1) is 28.6 Å². The molecule has 3 aromatic rings. The molecule has 0 spiro atoms. The number of pyridine rings is 1. The van der Waals surface area contributed by atoms with Gasteiger partial charge in [0.2, 0.25) is 0 Å². The maximum Gasteiger partial charge on any atom is 0.270 e. The van der Waals surface area contributed by atoms with Gasteiger partial charge in [0.15, 0.2) is 0 Å². The predicted molar refractivity (Wildman–Crippen MR) is 121 cm³/mol. The van der Waals surface area contributed by atoms with Crippen molar-refractivity contribution in [2.24, 2.45) is 0 Å². The summed E-state index contributed by atoms with van der Waals surface area (Å²) >= 11 is 0. The van der Waals surface area contributed by atoms with Gasteiger partial charge in [-0.25, -0.2) is 4.98 Å². The highest BCUT2D eigenvalue weighted by Gasteiger charge is 2.19. The van der Waals surface area contributed by atoms with Crippen molar-refractivity contribution in [3.63, 3.8) is 0 Å². The Labute approximate surface area is 177 Å². The zero-order valence-electron chi connectivity index (χ0n) is 18.0. The fourth-order valence-corrected chi connectivity index (χ4v) is 4.08. The minimum absolute atomic E-state index is 0.0757. The van der Waals surface area contributed by atoms with E-state index in [1.165, 1.54) is 11.3 Å². The summed E-state index contributed by atoms with van der Waals surface area (Å²) in [5, 5.41) is 3.13. The van der Waals surface area contributed by atoms with E-state index in [0.717, 1.165) is 61.6 Å². The van der Waals surface area contributed by atoms with Gasteiger partial charge in [-0.1, -0.05) is 13.0 Å². The molecule has 0 saturated carbocycles. The highest BCUT2D eigenvalue weighted by atomic mass is 16.1. The number of anilines is 1. The summed E-state index contributed by atoms with van der Waals surface area (Å²) in [6.07, 6.45) is 2.62. The number of H-pyrrole nitrogens is 1. The molecule has 0 bridgehead atoms. The van der Waals surface area contributed by atoms with E-state index in [9.17, 15) is 4.79 Å². The lowest BCUT2D eigenvalue weighted by molar-refractivity contribution is 0.249. The molecule has 7 nitrogen and oxygen atoms in total. The molecule has 7 heteroatoms. The highest BCUT2D eigenvalue weighted by Crippen LogP contribution is 2.21. The van der Waals surface area contributed by atoms with Crippen LogP contribution in [0.25, 0.3) is 11.0 Å². The topological polar surface area (TPSA) is 77.2 Å². The second-order valence-electron chi connectivity index (χ2n) is 7.91. The van der Waals surface area contributed by atoms with Crippen molar-refractivity contribution in [1.29, 1.82) is 0 Å². The monoisotopic (exact) mass is 406 g/mol. The zero-order chi connectivity index (χ0) is 21.1. The molecule has 1 saturated heterocycles. The molecule has 1 fully saturated rings. The average molecular weight is 407 g/mol. The third kappa shape index (κ3) is 4.22. The highest BCUT2D eigenvalue weighted by molar-refractivity contribution is 5.79. The first-order chi connectivity index (χ1) is 14.6. The van der Waals surface area contributed by atoms with Crippen LogP contribution in [0.15, 0.2) is 35.3 Å². The average Bonchev–Trinajstić information content (AvgIpc) is 2.77. The van der Waals surface area contributed by atoms with Gasteiger partial charge in [0, 0.05) is 39.3 Å². The van der Waals surface area contributed by atoms with Gasteiger partial charge >= 0.3 is 0 Å². The van der Waals surface area contributed by atoms with E-state index in [1.54, 1.807) is 0 Å². The van der Waals surface area contributed by atoms with Crippen LogP contribution in [0.2, 0.25) is 0 Å². The second kappa shape index (κ2) is 8.93. The molecule has 158 valence electrons. The lowest BCUT2D eigenvalue weighted by atomic mass is 10.1. The molecule has 0 atom stereocenters. The Hall–Kier alpha value is -2.77. The molecule has 1 aromatic carbocycles. The molecule has 0 aliphatic carbocycles. The fraction of sp³-hybridized carbons (Fsp3) is 0.435. The number of benzene rings is 1. The van der Waals surface area contributed by atoms with Crippen molar-refractivity contribution in [3.8, 4) is 0 Å². The SMILES string of the molecule is CCc1nc2ccc(CN3CCN(c4ccc(CNC)nc4)CC3)c(C)c2[nH]c1=O. The molecule has 0 unspecified atom stereocenters. The van der Waals surface area contributed by atoms with Crippen LogP contribution in [0.3, 0.4) is 0 Å². The quantitative estimate of drug-likeness (QED) is 0.654. The third-order valence-corrected chi connectivity index (χ3v) is 5.94. The largest absolute Gasteiger partial charge is 0.368 e. The number of aryl methyl sites for hydroxylation is 2. The van der Waals surface area contributed by atoms with Crippen LogP contribution >= 0.6 is 0 Å². The molecular formula is C23H30N6O. The molecule has 2 aromatic heterocycles. The first-order valence-corrected chi connectivity index (χ1v) is 10.7. The van der Waals surface area contributed by atoms with E-state index < -0.39 is 0 Å². The van der Waals surface area contributed by atoms with Gasteiger partial charge in [0.1, 0.15) is 5.69 Å². The van der Waals surface area contributed by atoms with Crippen LogP contribution in [0.1, 0.15) is 29.4 Å². The van der Waals surface area contributed by atoms with E-state index in [2.05, 4.69) is 55.2 Å². The van der Waals surface area contributed by atoms with Gasteiger partial charge in [0.25, 0.3) is 5.56 Å². The van der Waals surface area contributed by atoms with Crippen molar-refractivity contribution in [1.82, 2.24) is 25.2 Å². The first-order valence-electron chi connectivity index (χ1n) is 10.7. The molecule has 3 heterocycles. The predicted octanol–water partition coefficient (Wildman–Crippen LogP) is 2.23. The minimum Gasteiger partial charge on any atom is -0.368 e. The number of nitrogens with zero attached hydrogens (tertiary/aromatic N) is 4. The Morgan fingerprint density at radius 1 is 1.13 bits per heavy atom. The molecule has 1 aliphatic rings. The van der Waals surface area contributed by atoms with Gasteiger partial charge in [-0.05, 0) is 49.7 Å². The molecule has 4 rings (SSSR count). The van der Waals surface area contributed by atoms with Gasteiger partial charge in [-0.2, -0.15) is 0 Å². The lowest BCUT2D eigenvalue weighted by Crippen LogP contribution is -2.46. The second-order valence-corrected chi connectivity index (χ2v) is 7.91. The zero-order valence-corrected chi connectivity index (χ0v) is 18.0. The molecule has 0 radical (unpaired) electrons. The Kier molecular flexibility index (Phi) is 6.11. The van der Waals surface area contributed by atoms with E-state index in [1.807, 2.05) is 26.2 Å². The van der Waals surface area contributed by atoms with Crippen LogP contribution in [-0.4, -0.2) is 53.1 Å². The Morgan fingerprint density at radius 2 is 1.93 bits per heavy atom. The standard InChI is InChI=1S/C23H30N6O/c1-4-20-23(30)27-22-16(2)17(5-8-21(22)26-20)15-28-9-11-29(12-10-28)19-7-6-18(13-24-3)25-14-19/h5-8,14,24H,4,9-13,15H2,1-3H3,(H,27,30). The maximum absolute atomic E-state index is 12.2. The summed E-state index contributed by atoms with van der Waals surface area (Å²) in [5.74, 6) is 0. The number of aromatic amines is 1. The number of hydrogen-bond donors (Lipinski definition) is 2. The van der Waals surface area contributed by atoms with E-state index in [-0.39, 0.29) is 5.56 Å². The number of rotatable bonds is 6. The minimum atomic E-state index is -0.0757. The van der Waals surface area contributed by atoms with Crippen LogP contribution in [0, 0.1) is 6.92 Å². The van der Waals surface area contributed by atoms with Crippen molar-refractivity contribution in [3.05, 3.63) is 63.3 Å². The molecular weight excluding hydrogens is 376 g/mol. The summed E-state index contributed by atoms with van der Waals surface area (Å²) in [4.78, 5) is 29.2. The van der Waals surface area contributed by atoms with Crippen molar-refractivity contribution < 1.29 is 0 Å². The lowest BCUT2D eigenvalue weighted by Gasteiger charge is -2.36. The summed E-state index contributed by atoms with van der Waals surface area (Å²) in [7, 11) is 1.93. The Morgan fingerprint density at radius 3 is 2.60 bits per heavy atom. The van der Waals surface area contributed by atoms with E-state index in [0.29, 0.717) is 12.1 Å². The summed E-state index contributed by atoms with van der Waals surface area (Å²) < 4.78 is 0. The first kappa shape index (κ1) is 20.5. The molecule has 30 heavy (non-hydrogen) atoms. The number of aromatic nitrogens is 3. The van der Waals surface area contributed by atoms with Crippen molar-refractivity contribution in [2.75, 3.05) is 38.1 Å². The van der Waals surface area contributed by atoms with E-state index >= 15 is 0 Å². The normalized spacial score (nSPS) is 15.1. The number of nitrogens with one attached hydrogen (secondary N) is 2. The Balaban J connectivity index is 1.43. The number of fused-ring (bicyclic) bond motifs is 1. The molecule has 0 amide bonds. The van der Waals surface area contributed by atoms with Crippen LogP contribution < -0.4 is 15.8 Å². The third-order valence-electron chi connectivity index (χ3n) is 5.94. The van der Waals surface area contributed by atoms with Crippen LogP contribution in [0.4, 0.5) is 5.69 Å². The maximum atomic E-state index is 12.2. The number of piperazine rings is 1. The van der Waals surface area contributed by atoms with Crippen molar-refractivity contribution in [2.45, 2.75) is 33.4 Å². The van der Waals surface area contributed by atoms with E-state index in [4.69, 9.17) is 0 Å². The molecule has 1 aliphatic heterocycles. The summed E-state index contributed by atoms with van der Waals surface area (Å²) in [5.41, 5.74) is 6.86. The van der Waals surface area contributed by atoms with Crippen molar-refractivity contribution >= 4 is 16.7 Å². The van der Waals surface area contributed by atoms with Gasteiger partial charge in [-0.3, -0.25) is 14.7 Å². The fourth-order valence-electron chi connectivity index (χ4n) is 4.08. The van der Waals surface area contributed by atoms with Crippen LogP contribution in [0.5, 0.6) is 0 Å². The van der Waals surface area contributed by atoms with Gasteiger partial charge in [-0.15, -0.1) is 0 Å². The van der Waals surface area contributed by atoms with Gasteiger partial charge < -0.3 is 15.2 Å². The Bertz CT molecular complexity index is 1070. The van der Waals surface area contributed by atoms with Crippen LogP contribution in [-0.2, 0) is 19.5 Å². The smallest absolute Gasteiger partial charge is 0.270 e. The summed E-state index contributed by atoms with van der Waals surface area (Å²) in [6.45, 7) is 9.67. The molecule has 2 N–H and O–H groups in total. The number of hydrogen-bond acceptors (Lipinski definition) is 6. The summed E-state index contributed by atoms with van der Waals surface area (Å²) in [6, 6.07) is 8.44.